The molecule has 0 radical (unpaired) electrons. The van der Waals surface area contributed by atoms with Crippen LogP contribution in [-0.4, -0.2) is 62.1 Å². The first-order chi connectivity index (χ1) is 16.3. The first kappa shape index (κ1) is 22.1. The van der Waals surface area contributed by atoms with E-state index in [-0.39, 0.29) is 35.0 Å². The van der Waals surface area contributed by atoms with Crippen LogP contribution >= 0.6 is 11.6 Å². The van der Waals surface area contributed by atoms with Crippen LogP contribution in [0.15, 0.2) is 53.2 Å². The number of para-hydroxylation sites is 1. The van der Waals surface area contributed by atoms with Crippen LogP contribution in [0.5, 0.6) is 0 Å². The number of aromatic nitrogens is 3. The molecule has 1 aliphatic heterocycles. The van der Waals surface area contributed by atoms with Crippen LogP contribution in [0.4, 0.5) is 4.39 Å². The minimum absolute atomic E-state index is 0.0653. The van der Waals surface area contributed by atoms with Crippen LogP contribution in [0.3, 0.4) is 0 Å². The summed E-state index contributed by atoms with van der Waals surface area (Å²) in [6.45, 7) is 4.52. The Morgan fingerprint density at radius 1 is 1.15 bits per heavy atom. The molecule has 1 saturated heterocycles. The van der Waals surface area contributed by atoms with Gasteiger partial charge in [0.05, 0.1) is 5.69 Å². The van der Waals surface area contributed by atoms with Gasteiger partial charge in [-0.3, -0.25) is 9.59 Å². The van der Waals surface area contributed by atoms with E-state index in [1.807, 2.05) is 13.0 Å². The molecule has 0 aliphatic carbocycles. The van der Waals surface area contributed by atoms with Gasteiger partial charge in [-0.15, -0.1) is 5.10 Å². The van der Waals surface area contributed by atoms with Gasteiger partial charge in [-0.25, -0.2) is 14.1 Å². The first-order valence-electron chi connectivity index (χ1n) is 10.8. The summed E-state index contributed by atoms with van der Waals surface area (Å²) in [6.07, 6.45) is 1.46. The Morgan fingerprint density at radius 3 is 2.68 bits per heavy atom. The molecule has 1 fully saturated rings. The number of hydrogen-bond acceptors (Lipinski definition) is 5. The number of rotatable bonds is 3. The Kier molecular flexibility index (Phi) is 5.57. The molecular weight excluding hydrogens is 461 g/mol. The van der Waals surface area contributed by atoms with Crippen LogP contribution in [0, 0.1) is 12.7 Å². The Labute approximate surface area is 199 Å². The molecule has 0 saturated carbocycles. The van der Waals surface area contributed by atoms with Crippen molar-refractivity contribution in [3.8, 4) is 5.69 Å². The van der Waals surface area contributed by atoms with Crippen LogP contribution in [0.25, 0.3) is 16.7 Å². The maximum absolute atomic E-state index is 14.1. The maximum Gasteiger partial charge on any atom is 0.293 e. The highest BCUT2D eigenvalue weighted by Crippen LogP contribution is 2.29. The SMILES string of the molecule is Cc1c(C(=O)N2CCN(C(=O)c3ncn(-c4cccc(Cl)c4)n3)CC2C)oc2c(F)cccc12. The van der Waals surface area contributed by atoms with E-state index in [2.05, 4.69) is 10.1 Å². The van der Waals surface area contributed by atoms with Crippen LogP contribution in [0.2, 0.25) is 5.02 Å². The molecule has 0 bridgehead atoms. The third-order valence-electron chi connectivity index (χ3n) is 6.04. The van der Waals surface area contributed by atoms with E-state index in [1.165, 1.54) is 17.1 Å². The van der Waals surface area contributed by atoms with Crippen molar-refractivity contribution < 1.29 is 18.4 Å². The second-order valence-corrected chi connectivity index (χ2v) is 8.70. The number of fused-ring (bicyclic) bond motifs is 1. The van der Waals surface area contributed by atoms with Crippen molar-refractivity contribution in [3.63, 3.8) is 0 Å². The molecular formula is C24H21ClFN5O3. The lowest BCUT2D eigenvalue weighted by molar-refractivity contribution is 0.0390. The maximum atomic E-state index is 14.1. The minimum Gasteiger partial charge on any atom is -0.448 e. The zero-order valence-electron chi connectivity index (χ0n) is 18.5. The number of piperazine rings is 1. The number of halogens is 2. The molecule has 0 spiro atoms. The number of carbonyl (C=O) groups excluding carboxylic acids is 2. The van der Waals surface area contributed by atoms with Crippen molar-refractivity contribution >= 4 is 34.4 Å². The predicted octanol–water partition coefficient (Wildman–Crippen LogP) is 4.10. The summed E-state index contributed by atoms with van der Waals surface area (Å²) >= 11 is 6.03. The van der Waals surface area contributed by atoms with Gasteiger partial charge in [0.25, 0.3) is 11.8 Å². The van der Waals surface area contributed by atoms with Crippen molar-refractivity contribution in [2.75, 3.05) is 19.6 Å². The summed E-state index contributed by atoms with van der Waals surface area (Å²) in [6, 6.07) is 11.4. The third-order valence-corrected chi connectivity index (χ3v) is 6.28. The quantitative estimate of drug-likeness (QED) is 0.440. The number of furan rings is 1. The number of nitrogens with zero attached hydrogens (tertiary/aromatic N) is 5. The highest BCUT2D eigenvalue weighted by atomic mass is 35.5. The van der Waals surface area contributed by atoms with E-state index in [0.717, 1.165) is 0 Å². The van der Waals surface area contributed by atoms with Gasteiger partial charge in [-0.1, -0.05) is 29.8 Å². The molecule has 1 aliphatic rings. The van der Waals surface area contributed by atoms with E-state index in [1.54, 1.807) is 47.1 Å². The van der Waals surface area contributed by atoms with Crippen LogP contribution in [-0.2, 0) is 0 Å². The Bertz CT molecular complexity index is 1410. The van der Waals surface area contributed by atoms with E-state index >= 15 is 0 Å². The van der Waals surface area contributed by atoms with Crippen molar-refractivity contribution in [1.29, 1.82) is 0 Å². The average Bonchev–Trinajstić information content (AvgIpc) is 3.44. The standard InChI is InChI=1S/C24H21ClFN5O3/c1-14-12-29(24(33)22-27-13-31(28-22)17-6-3-5-16(25)11-17)9-10-30(14)23(32)20-15(2)18-7-4-8-19(26)21(18)34-20/h3-8,11,13-14H,9-10,12H2,1-2H3. The molecule has 8 nitrogen and oxygen atoms in total. The van der Waals surface area contributed by atoms with Gasteiger partial charge < -0.3 is 14.2 Å². The lowest BCUT2D eigenvalue weighted by Gasteiger charge is -2.39. The second kappa shape index (κ2) is 8.57. The molecule has 10 heteroatoms. The fourth-order valence-corrected chi connectivity index (χ4v) is 4.42. The summed E-state index contributed by atoms with van der Waals surface area (Å²) < 4.78 is 21.2. The molecule has 34 heavy (non-hydrogen) atoms. The zero-order valence-corrected chi connectivity index (χ0v) is 19.3. The zero-order chi connectivity index (χ0) is 24.0. The summed E-state index contributed by atoms with van der Waals surface area (Å²) in [5, 5.41) is 5.42. The molecule has 0 N–H and O–H groups in total. The van der Waals surface area contributed by atoms with Gasteiger partial charge >= 0.3 is 0 Å². The summed E-state index contributed by atoms with van der Waals surface area (Å²) in [5.74, 6) is -0.963. The smallest absolute Gasteiger partial charge is 0.293 e. The van der Waals surface area contributed by atoms with E-state index in [0.29, 0.717) is 41.3 Å². The molecule has 174 valence electrons. The third kappa shape index (κ3) is 3.81. The molecule has 1 atom stereocenters. The van der Waals surface area contributed by atoms with E-state index in [4.69, 9.17) is 16.0 Å². The lowest BCUT2D eigenvalue weighted by atomic mass is 10.1. The predicted molar refractivity (Wildman–Crippen MR) is 124 cm³/mol. The van der Waals surface area contributed by atoms with Gasteiger partial charge in [0.2, 0.25) is 5.82 Å². The van der Waals surface area contributed by atoms with Gasteiger partial charge in [-0.2, -0.15) is 0 Å². The topological polar surface area (TPSA) is 84.5 Å². The number of amides is 2. The van der Waals surface area contributed by atoms with Gasteiger partial charge in [0.15, 0.2) is 17.2 Å². The van der Waals surface area contributed by atoms with E-state index < -0.39 is 5.82 Å². The highest BCUT2D eigenvalue weighted by molar-refractivity contribution is 6.30. The molecule has 3 heterocycles. The molecule has 2 aromatic carbocycles. The van der Waals surface area contributed by atoms with Crippen LogP contribution < -0.4 is 0 Å². The second-order valence-electron chi connectivity index (χ2n) is 8.26. The largest absolute Gasteiger partial charge is 0.448 e. The Hall–Kier alpha value is -3.72. The molecule has 1 unspecified atom stereocenters. The summed E-state index contributed by atoms with van der Waals surface area (Å²) in [4.78, 5) is 33.6. The molecule has 2 aromatic heterocycles. The van der Waals surface area contributed by atoms with Crippen molar-refractivity contribution in [2.45, 2.75) is 19.9 Å². The van der Waals surface area contributed by atoms with Crippen molar-refractivity contribution in [1.82, 2.24) is 24.6 Å². The monoisotopic (exact) mass is 481 g/mol. The summed E-state index contributed by atoms with van der Waals surface area (Å²) in [7, 11) is 0. The Balaban J connectivity index is 1.31. The molecule has 4 aromatic rings. The number of benzene rings is 2. The fraction of sp³-hybridized carbons (Fsp3) is 0.250. The van der Waals surface area contributed by atoms with Gasteiger partial charge in [-0.05, 0) is 38.1 Å². The highest BCUT2D eigenvalue weighted by Gasteiger charge is 2.34. The lowest BCUT2D eigenvalue weighted by Crippen LogP contribution is -2.55. The summed E-state index contributed by atoms with van der Waals surface area (Å²) in [5.41, 5.74) is 1.37. The molecule has 2 amide bonds. The minimum atomic E-state index is -0.507. The Morgan fingerprint density at radius 2 is 1.94 bits per heavy atom. The molecule has 5 rings (SSSR count). The fourth-order valence-electron chi connectivity index (χ4n) is 4.23. The normalized spacial score (nSPS) is 16.3. The van der Waals surface area contributed by atoms with E-state index in [9.17, 15) is 14.0 Å². The van der Waals surface area contributed by atoms with Gasteiger partial charge in [0.1, 0.15) is 6.33 Å². The van der Waals surface area contributed by atoms with Crippen molar-refractivity contribution in [2.24, 2.45) is 0 Å². The number of aryl methyl sites for hydroxylation is 1. The van der Waals surface area contributed by atoms with Crippen molar-refractivity contribution in [3.05, 3.63) is 76.8 Å². The number of carbonyl (C=O) groups is 2. The van der Waals surface area contributed by atoms with Crippen LogP contribution in [0.1, 0.15) is 33.7 Å². The average molecular weight is 482 g/mol. The van der Waals surface area contributed by atoms with Gasteiger partial charge in [0, 0.05) is 41.6 Å². The number of hydrogen-bond donors (Lipinski definition) is 0. The first-order valence-corrected chi connectivity index (χ1v) is 11.2.